The van der Waals surface area contributed by atoms with Crippen molar-refractivity contribution < 1.29 is 19.1 Å². The maximum absolute atomic E-state index is 12.3. The first-order chi connectivity index (χ1) is 11.5. The first-order valence-corrected chi connectivity index (χ1v) is 8.27. The Bertz CT molecular complexity index is 815. The molecule has 3 rings (SSSR count). The van der Waals surface area contributed by atoms with E-state index in [1.165, 1.54) is 11.3 Å². The minimum atomic E-state index is -0.350. The lowest BCUT2D eigenvalue weighted by atomic mass is 10.1. The first kappa shape index (κ1) is 16.1. The molecule has 8 heteroatoms. The molecule has 0 spiro atoms. The molecule has 0 aliphatic carbocycles. The third kappa shape index (κ3) is 3.60. The number of aromatic nitrogens is 1. The number of thiazole rings is 1. The van der Waals surface area contributed by atoms with Gasteiger partial charge < -0.3 is 10.1 Å². The Hall–Kier alpha value is -2.74. The molecular formula is C16H15N3O4S. The average molecular weight is 345 g/mol. The van der Waals surface area contributed by atoms with Gasteiger partial charge in [0.05, 0.1) is 25.1 Å². The van der Waals surface area contributed by atoms with Crippen LogP contribution in [0.1, 0.15) is 28.5 Å². The molecule has 0 atom stereocenters. The Morgan fingerprint density at radius 1 is 1.42 bits per heavy atom. The Morgan fingerprint density at radius 2 is 2.25 bits per heavy atom. The monoisotopic (exact) mass is 345 g/mol. The van der Waals surface area contributed by atoms with E-state index < -0.39 is 0 Å². The molecule has 1 aromatic carbocycles. The molecule has 0 saturated carbocycles. The highest BCUT2D eigenvalue weighted by atomic mass is 32.1. The van der Waals surface area contributed by atoms with Crippen molar-refractivity contribution in [1.82, 2.24) is 4.98 Å². The van der Waals surface area contributed by atoms with Crippen LogP contribution in [0.3, 0.4) is 0 Å². The quantitative estimate of drug-likeness (QED) is 0.808. The number of esters is 1. The number of rotatable bonds is 5. The minimum Gasteiger partial charge on any atom is -0.466 e. The van der Waals surface area contributed by atoms with E-state index >= 15 is 0 Å². The van der Waals surface area contributed by atoms with Crippen LogP contribution in [-0.2, 0) is 27.2 Å². The lowest BCUT2D eigenvalue weighted by molar-refractivity contribution is -0.142. The van der Waals surface area contributed by atoms with Crippen molar-refractivity contribution in [1.29, 1.82) is 0 Å². The first-order valence-electron chi connectivity index (χ1n) is 7.39. The van der Waals surface area contributed by atoms with Gasteiger partial charge in [0.1, 0.15) is 0 Å². The van der Waals surface area contributed by atoms with Crippen LogP contribution in [0.2, 0.25) is 0 Å². The Morgan fingerprint density at radius 3 is 3.04 bits per heavy atom. The second kappa shape index (κ2) is 6.79. The van der Waals surface area contributed by atoms with E-state index in [0.717, 1.165) is 11.3 Å². The van der Waals surface area contributed by atoms with Crippen LogP contribution >= 0.6 is 11.3 Å². The molecule has 0 bridgehead atoms. The maximum Gasteiger partial charge on any atom is 0.311 e. The van der Waals surface area contributed by atoms with Crippen molar-refractivity contribution in [2.45, 2.75) is 19.8 Å². The number of nitrogens with one attached hydrogen (secondary N) is 2. The number of carbonyl (C=O) groups is 3. The molecule has 124 valence electrons. The van der Waals surface area contributed by atoms with Crippen LogP contribution in [0, 0.1) is 0 Å². The second-order valence-corrected chi connectivity index (χ2v) is 6.03. The smallest absolute Gasteiger partial charge is 0.311 e. The zero-order chi connectivity index (χ0) is 17.1. The van der Waals surface area contributed by atoms with E-state index in [2.05, 4.69) is 15.6 Å². The summed E-state index contributed by atoms with van der Waals surface area (Å²) in [6.45, 7) is 2.06. The molecule has 0 unspecified atom stereocenters. The summed E-state index contributed by atoms with van der Waals surface area (Å²) in [5.41, 5.74) is 2.54. The number of fused-ring (bicyclic) bond motifs is 1. The minimum absolute atomic E-state index is 0.0762. The van der Waals surface area contributed by atoms with Crippen LogP contribution in [0.4, 0.5) is 10.8 Å². The average Bonchev–Trinajstić information content (AvgIpc) is 3.11. The molecule has 24 heavy (non-hydrogen) atoms. The van der Waals surface area contributed by atoms with Gasteiger partial charge in [-0.15, -0.1) is 11.3 Å². The molecule has 0 radical (unpaired) electrons. The van der Waals surface area contributed by atoms with Gasteiger partial charge in [-0.3, -0.25) is 19.7 Å². The number of hydrogen-bond donors (Lipinski definition) is 2. The van der Waals surface area contributed by atoms with Crippen molar-refractivity contribution in [3.8, 4) is 0 Å². The van der Waals surface area contributed by atoms with E-state index in [0.29, 0.717) is 23.0 Å². The maximum atomic E-state index is 12.3. The zero-order valence-corrected chi connectivity index (χ0v) is 13.7. The van der Waals surface area contributed by atoms with Gasteiger partial charge in [0.2, 0.25) is 5.91 Å². The van der Waals surface area contributed by atoms with Gasteiger partial charge in [-0.1, -0.05) is 0 Å². The van der Waals surface area contributed by atoms with Gasteiger partial charge in [0, 0.05) is 16.6 Å². The van der Waals surface area contributed by atoms with E-state index in [4.69, 9.17) is 4.74 Å². The molecule has 2 amide bonds. The number of anilines is 2. The number of benzene rings is 1. The predicted molar refractivity (Wildman–Crippen MR) is 89.2 cm³/mol. The number of carbonyl (C=O) groups excluding carboxylic acids is 3. The number of hydrogen-bond acceptors (Lipinski definition) is 6. The summed E-state index contributed by atoms with van der Waals surface area (Å²) in [6, 6.07) is 5.05. The fourth-order valence-corrected chi connectivity index (χ4v) is 3.05. The molecule has 0 saturated heterocycles. The third-order valence-electron chi connectivity index (χ3n) is 3.40. The molecule has 1 aliphatic heterocycles. The SMILES string of the molecule is CCOC(=O)Cc1csc(NC(=O)c2ccc3c(c2)CC(=O)N3)n1. The van der Waals surface area contributed by atoms with E-state index in [-0.39, 0.29) is 30.6 Å². The molecule has 7 nitrogen and oxygen atoms in total. The van der Waals surface area contributed by atoms with E-state index in [1.54, 1.807) is 30.5 Å². The molecule has 2 aromatic rings. The van der Waals surface area contributed by atoms with Crippen LogP contribution in [0.25, 0.3) is 0 Å². The van der Waals surface area contributed by atoms with Gasteiger partial charge in [0.15, 0.2) is 5.13 Å². The fraction of sp³-hybridized carbons (Fsp3) is 0.250. The second-order valence-electron chi connectivity index (χ2n) is 5.18. The van der Waals surface area contributed by atoms with Gasteiger partial charge in [-0.05, 0) is 30.7 Å². The van der Waals surface area contributed by atoms with Crippen LogP contribution in [0.15, 0.2) is 23.6 Å². The van der Waals surface area contributed by atoms with Gasteiger partial charge in [-0.2, -0.15) is 0 Å². The Balaban J connectivity index is 1.65. The third-order valence-corrected chi connectivity index (χ3v) is 4.20. The van der Waals surface area contributed by atoms with Crippen molar-refractivity contribution in [2.75, 3.05) is 17.2 Å². The summed E-state index contributed by atoms with van der Waals surface area (Å²) < 4.78 is 4.86. The summed E-state index contributed by atoms with van der Waals surface area (Å²) in [5.74, 6) is -0.739. The lowest BCUT2D eigenvalue weighted by Gasteiger charge is -2.04. The largest absolute Gasteiger partial charge is 0.466 e. The van der Waals surface area contributed by atoms with Crippen LogP contribution in [-0.4, -0.2) is 29.4 Å². The highest BCUT2D eigenvalue weighted by molar-refractivity contribution is 7.14. The Labute approximate surface area is 142 Å². The summed E-state index contributed by atoms with van der Waals surface area (Å²) in [6.07, 6.45) is 0.351. The Kier molecular flexibility index (Phi) is 4.57. The summed E-state index contributed by atoms with van der Waals surface area (Å²) in [4.78, 5) is 39.3. The van der Waals surface area contributed by atoms with E-state index in [1.807, 2.05) is 0 Å². The molecule has 2 N–H and O–H groups in total. The van der Waals surface area contributed by atoms with Crippen LogP contribution in [0.5, 0.6) is 0 Å². The molecule has 1 aromatic heterocycles. The van der Waals surface area contributed by atoms with E-state index in [9.17, 15) is 14.4 Å². The zero-order valence-electron chi connectivity index (χ0n) is 12.9. The number of amides is 2. The number of nitrogens with zero attached hydrogens (tertiary/aromatic N) is 1. The molecule has 1 aliphatic rings. The van der Waals surface area contributed by atoms with Crippen molar-refractivity contribution in [3.63, 3.8) is 0 Å². The standard InChI is InChI=1S/C16H15N3O4S/c1-2-23-14(21)7-11-8-24-16(17-11)19-15(22)9-3-4-12-10(5-9)6-13(20)18-12/h3-5,8H,2,6-7H2,1H3,(H,18,20)(H,17,19,22). The van der Waals surface area contributed by atoms with Gasteiger partial charge >= 0.3 is 5.97 Å². The fourth-order valence-electron chi connectivity index (χ4n) is 2.35. The highest BCUT2D eigenvalue weighted by Gasteiger charge is 2.19. The van der Waals surface area contributed by atoms with Gasteiger partial charge in [-0.25, -0.2) is 4.98 Å². The predicted octanol–water partition coefficient (Wildman–Crippen LogP) is 2.00. The van der Waals surface area contributed by atoms with Crippen molar-refractivity contribution in [3.05, 3.63) is 40.4 Å². The summed E-state index contributed by atoms with van der Waals surface area (Å²) in [7, 11) is 0. The molecular weight excluding hydrogens is 330 g/mol. The van der Waals surface area contributed by atoms with Gasteiger partial charge in [0.25, 0.3) is 5.91 Å². The molecule has 2 heterocycles. The highest BCUT2D eigenvalue weighted by Crippen LogP contribution is 2.24. The normalized spacial score (nSPS) is 12.5. The summed E-state index contributed by atoms with van der Waals surface area (Å²) in [5, 5.41) is 7.53. The topological polar surface area (TPSA) is 97.4 Å². The van der Waals surface area contributed by atoms with Crippen molar-refractivity contribution >= 4 is 39.9 Å². The lowest BCUT2D eigenvalue weighted by Crippen LogP contribution is -2.12. The van der Waals surface area contributed by atoms with Crippen LogP contribution < -0.4 is 10.6 Å². The summed E-state index contributed by atoms with van der Waals surface area (Å²) >= 11 is 1.24. The molecule has 0 fully saturated rings. The number of ether oxygens (including phenoxy) is 1. The van der Waals surface area contributed by atoms with Crippen molar-refractivity contribution in [2.24, 2.45) is 0 Å².